The van der Waals surface area contributed by atoms with E-state index in [0.717, 1.165) is 0 Å². The van der Waals surface area contributed by atoms with E-state index in [1.54, 1.807) is 0 Å². The van der Waals surface area contributed by atoms with Crippen LogP contribution >= 0.6 is 81.2 Å². The quantitative estimate of drug-likeness (QED) is 0.424. The first-order chi connectivity index (χ1) is 8.25. The van der Waals surface area contributed by atoms with E-state index in [9.17, 15) is 4.79 Å². The van der Waals surface area contributed by atoms with Crippen LogP contribution in [0.3, 0.4) is 0 Å². The molecule has 0 atom stereocenters. The summed E-state index contributed by atoms with van der Waals surface area (Å²) in [7, 11) is 0. The molecule has 2 nitrogen and oxygen atoms in total. The number of hydrogen-bond acceptors (Lipinski definition) is 2. The molecule has 0 fully saturated rings. The van der Waals surface area contributed by atoms with Crippen LogP contribution in [-0.4, -0.2) is 5.43 Å². The van der Waals surface area contributed by atoms with Gasteiger partial charge in [-0.3, -0.25) is 0 Å². The van der Waals surface area contributed by atoms with Gasteiger partial charge in [0.25, 0.3) is 0 Å². The maximum Gasteiger partial charge on any atom is 0.409 e. The molecule has 1 rings (SSSR count). The van der Waals surface area contributed by atoms with Gasteiger partial charge in [0.2, 0.25) is 0 Å². The van der Waals surface area contributed by atoms with Crippen molar-refractivity contribution in [2.24, 2.45) is 0 Å². The summed E-state index contributed by atoms with van der Waals surface area (Å²) in [5, 5.41) is 0.0566. The summed E-state index contributed by atoms with van der Waals surface area (Å²) in [6, 6.07) is 1.29. The molecule has 0 bridgehead atoms. The van der Waals surface area contributed by atoms with Gasteiger partial charge in [0.1, 0.15) is 9.67 Å². The van der Waals surface area contributed by atoms with Gasteiger partial charge in [0.15, 0.2) is 5.75 Å². The molecule has 1 aromatic carbocycles. The largest absolute Gasteiger partial charge is 0.413 e. The van der Waals surface area contributed by atoms with Crippen molar-refractivity contribution < 1.29 is 9.53 Å². The first-order valence-electron chi connectivity index (χ1n) is 4.21. The van der Waals surface area contributed by atoms with E-state index in [4.69, 9.17) is 81.2 Å². The summed E-state index contributed by atoms with van der Waals surface area (Å²) in [6.07, 6.45) is 0. The highest BCUT2D eigenvalue weighted by molar-refractivity contribution is 6.61. The standard InChI is InChI=1S/C9H3Cl7O2/c10-5-2(7(12)13)1-3(18-9(16)17)6(11)4(5)8(14)15/h1,7-8H. The molecule has 0 unspecified atom stereocenters. The van der Waals surface area contributed by atoms with Crippen LogP contribution in [0.5, 0.6) is 5.75 Å². The molecule has 0 saturated heterocycles. The van der Waals surface area contributed by atoms with E-state index in [1.165, 1.54) is 6.07 Å². The molecule has 0 aliphatic heterocycles. The van der Waals surface area contributed by atoms with E-state index >= 15 is 0 Å². The van der Waals surface area contributed by atoms with Crippen molar-refractivity contribution in [3.63, 3.8) is 0 Å². The van der Waals surface area contributed by atoms with Crippen LogP contribution in [-0.2, 0) is 0 Å². The molecule has 0 saturated carbocycles. The van der Waals surface area contributed by atoms with Crippen LogP contribution in [0.15, 0.2) is 6.07 Å². The molecular formula is C9H3Cl7O2. The summed E-state index contributed by atoms with van der Waals surface area (Å²) in [6.45, 7) is 0. The molecule has 0 aliphatic rings. The van der Waals surface area contributed by atoms with Gasteiger partial charge in [-0.1, -0.05) is 46.4 Å². The first-order valence-corrected chi connectivity index (χ1v) is 7.09. The van der Waals surface area contributed by atoms with Crippen molar-refractivity contribution in [2.45, 2.75) is 9.67 Å². The van der Waals surface area contributed by atoms with Crippen molar-refractivity contribution in [1.29, 1.82) is 0 Å². The number of carbonyl (C=O) groups excluding carboxylic acids is 1. The molecule has 0 N–H and O–H groups in total. The average Bonchev–Trinajstić information content (AvgIpc) is 2.20. The number of carbonyl (C=O) groups is 1. The second-order valence-corrected chi connectivity index (χ2v) is 6.20. The maximum absolute atomic E-state index is 10.7. The molecule has 0 radical (unpaired) electrons. The molecule has 0 aliphatic carbocycles. The second kappa shape index (κ2) is 6.94. The predicted octanol–water partition coefficient (Wildman–Crippen LogP) is 6.68. The predicted molar refractivity (Wildman–Crippen MR) is 77.2 cm³/mol. The molecule has 9 heteroatoms. The fourth-order valence-corrected chi connectivity index (χ4v) is 3.07. The topological polar surface area (TPSA) is 26.3 Å². The van der Waals surface area contributed by atoms with Crippen molar-refractivity contribution in [1.82, 2.24) is 0 Å². The Balaban J connectivity index is 3.50. The maximum atomic E-state index is 10.7. The minimum Gasteiger partial charge on any atom is -0.413 e. The van der Waals surface area contributed by atoms with Crippen molar-refractivity contribution >= 4 is 86.6 Å². The molecule has 0 spiro atoms. The molecule has 100 valence electrons. The Hall–Kier alpha value is 0.720. The summed E-state index contributed by atoms with van der Waals surface area (Å²) < 4.78 is 4.68. The number of alkyl halides is 4. The van der Waals surface area contributed by atoms with Crippen LogP contribution in [0.2, 0.25) is 10.0 Å². The lowest BCUT2D eigenvalue weighted by molar-refractivity contribution is 0.225. The molecule has 0 heterocycles. The lowest BCUT2D eigenvalue weighted by Crippen LogP contribution is -2.01. The normalized spacial score (nSPS) is 11.2. The van der Waals surface area contributed by atoms with E-state index in [-0.39, 0.29) is 26.9 Å². The zero-order chi connectivity index (χ0) is 14.0. The highest BCUT2D eigenvalue weighted by Crippen LogP contribution is 2.46. The molecule has 18 heavy (non-hydrogen) atoms. The van der Waals surface area contributed by atoms with Gasteiger partial charge in [0.05, 0.1) is 10.0 Å². The zero-order valence-electron chi connectivity index (χ0n) is 8.19. The Morgan fingerprint density at radius 1 is 1.06 bits per heavy atom. The highest BCUT2D eigenvalue weighted by Gasteiger charge is 2.24. The number of halogens is 7. The van der Waals surface area contributed by atoms with Gasteiger partial charge < -0.3 is 4.74 Å². The van der Waals surface area contributed by atoms with E-state index in [0.29, 0.717) is 0 Å². The zero-order valence-corrected chi connectivity index (χ0v) is 13.5. The van der Waals surface area contributed by atoms with Crippen LogP contribution in [0, 0.1) is 0 Å². The molecule has 0 aromatic heterocycles. The van der Waals surface area contributed by atoms with Gasteiger partial charge >= 0.3 is 5.43 Å². The fourth-order valence-electron chi connectivity index (χ4n) is 1.16. The first kappa shape index (κ1) is 16.8. The third-order valence-corrected chi connectivity index (χ3v) is 3.67. The minimum atomic E-state index is -1.09. The fraction of sp³-hybridized carbons (Fsp3) is 0.222. The SMILES string of the molecule is O=C(Cl)Oc1cc(C(Cl)Cl)c(Cl)c(C(Cl)Cl)c1Cl. The van der Waals surface area contributed by atoms with Crippen LogP contribution < -0.4 is 4.74 Å². The van der Waals surface area contributed by atoms with Crippen molar-refractivity contribution in [3.8, 4) is 5.75 Å². The van der Waals surface area contributed by atoms with Crippen LogP contribution in [0.4, 0.5) is 4.79 Å². The smallest absolute Gasteiger partial charge is 0.409 e. The summed E-state index contributed by atoms with van der Waals surface area (Å²) in [4.78, 5) is 8.70. The monoisotopic (exact) mass is 388 g/mol. The molecule has 0 amide bonds. The Labute approximate surface area is 138 Å². The van der Waals surface area contributed by atoms with E-state index < -0.39 is 15.1 Å². The third kappa shape index (κ3) is 3.86. The van der Waals surface area contributed by atoms with Gasteiger partial charge in [-0.2, -0.15) is 0 Å². The third-order valence-electron chi connectivity index (χ3n) is 1.87. The lowest BCUT2D eigenvalue weighted by Gasteiger charge is -2.16. The van der Waals surface area contributed by atoms with Gasteiger partial charge in [-0.05, 0) is 6.07 Å². The molecular weight excluding hydrogens is 388 g/mol. The van der Waals surface area contributed by atoms with Gasteiger partial charge in [0, 0.05) is 22.7 Å². The van der Waals surface area contributed by atoms with Crippen molar-refractivity contribution in [3.05, 3.63) is 27.2 Å². The summed E-state index contributed by atoms with van der Waals surface area (Å²) in [5.74, 6) is -0.0799. The summed E-state index contributed by atoms with van der Waals surface area (Å²) in [5.41, 5.74) is -0.700. The van der Waals surface area contributed by atoms with Crippen molar-refractivity contribution in [2.75, 3.05) is 0 Å². The van der Waals surface area contributed by atoms with Crippen LogP contribution in [0.1, 0.15) is 20.8 Å². The Morgan fingerprint density at radius 2 is 1.61 bits per heavy atom. The van der Waals surface area contributed by atoms with Gasteiger partial charge in [-0.25, -0.2) is 4.79 Å². The average molecular weight is 391 g/mol. The van der Waals surface area contributed by atoms with Gasteiger partial charge in [-0.15, -0.1) is 23.2 Å². The minimum absolute atomic E-state index is 0.0401. The Morgan fingerprint density at radius 3 is 2.00 bits per heavy atom. The number of hydrogen-bond donors (Lipinski definition) is 0. The van der Waals surface area contributed by atoms with Crippen LogP contribution in [0.25, 0.3) is 0 Å². The van der Waals surface area contributed by atoms with E-state index in [1.807, 2.05) is 0 Å². The summed E-state index contributed by atoms with van der Waals surface area (Å²) >= 11 is 40.0. The highest BCUT2D eigenvalue weighted by atomic mass is 35.5. The number of rotatable bonds is 3. The number of benzene rings is 1. The Bertz CT molecular complexity index is 472. The molecule has 1 aromatic rings. The number of ether oxygens (including phenoxy) is 1. The lowest BCUT2D eigenvalue weighted by atomic mass is 10.1. The second-order valence-electron chi connectivity index (χ2n) is 2.95. The Kier molecular flexibility index (Phi) is 6.47. The van der Waals surface area contributed by atoms with E-state index in [2.05, 4.69) is 4.74 Å².